The molecular weight excluding hydrogens is 359 g/mol. The van der Waals surface area contributed by atoms with E-state index in [1.54, 1.807) is 12.1 Å². The van der Waals surface area contributed by atoms with Crippen LogP contribution in [0.15, 0.2) is 47.4 Å². The Morgan fingerprint density at radius 3 is 2.26 bits per heavy atom. The molecule has 0 saturated heterocycles. The third-order valence-corrected chi connectivity index (χ3v) is 5.11. The van der Waals surface area contributed by atoms with Gasteiger partial charge >= 0.3 is 0 Å². The van der Waals surface area contributed by atoms with Crippen molar-refractivity contribution < 1.29 is 13.2 Å². The molecule has 0 bridgehead atoms. The van der Waals surface area contributed by atoms with E-state index in [2.05, 4.69) is 5.43 Å². The lowest BCUT2D eigenvalue weighted by Crippen LogP contribution is -2.41. The van der Waals surface area contributed by atoms with Gasteiger partial charge < -0.3 is 0 Å². The summed E-state index contributed by atoms with van der Waals surface area (Å²) < 4.78 is 24.2. The SMILES string of the molecule is CCc1ccc(C(=O)NNS(=O)(=O)c2ccc(Cl)c(Cl)c2)cc1. The van der Waals surface area contributed by atoms with Gasteiger partial charge in [0.25, 0.3) is 15.9 Å². The number of hydrogen-bond donors (Lipinski definition) is 2. The smallest absolute Gasteiger partial charge is 0.266 e. The maximum Gasteiger partial charge on any atom is 0.266 e. The van der Waals surface area contributed by atoms with Gasteiger partial charge in [0.15, 0.2) is 0 Å². The van der Waals surface area contributed by atoms with Gasteiger partial charge in [0.05, 0.1) is 14.9 Å². The number of hydrazine groups is 1. The number of rotatable bonds is 5. The fourth-order valence-corrected chi connectivity index (χ4v) is 3.01. The first-order chi connectivity index (χ1) is 10.8. The Balaban J connectivity index is 2.08. The lowest BCUT2D eigenvalue weighted by atomic mass is 10.1. The molecule has 0 saturated carbocycles. The summed E-state index contributed by atoms with van der Waals surface area (Å²) in [4.78, 5) is 13.9. The summed E-state index contributed by atoms with van der Waals surface area (Å²) in [5.41, 5.74) is 3.58. The minimum atomic E-state index is -3.94. The van der Waals surface area contributed by atoms with Crippen LogP contribution in [0.5, 0.6) is 0 Å². The van der Waals surface area contributed by atoms with Crippen LogP contribution in [0.1, 0.15) is 22.8 Å². The van der Waals surface area contributed by atoms with Gasteiger partial charge in [0.2, 0.25) is 0 Å². The normalized spacial score (nSPS) is 11.3. The molecule has 0 aliphatic rings. The van der Waals surface area contributed by atoms with Crippen molar-refractivity contribution in [3.05, 3.63) is 63.6 Å². The number of aryl methyl sites for hydroxylation is 1. The van der Waals surface area contributed by atoms with Crippen molar-refractivity contribution in [3.63, 3.8) is 0 Å². The molecule has 2 aromatic rings. The van der Waals surface area contributed by atoms with Gasteiger partial charge in [-0.25, -0.2) is 8.42 Å². The van der Waals surface area contributed by atoms with Crippen LogP contribution >= 0.6 is 23.2 Å². The van der Waals surface area contributed by atoms with Gasteiger partial charge in [-0.1, -0.05) is 42.3 Å². The van der Waals surface area contributed by atoms with E-state index >= 15 is 0 Å². The number of halogens is 2. The quantitative estimate of drug-likeness (QED) is 0.791. The Labute approximate surface area is 144 Å². The second-order valence-corrected chi connectivity index (χ2v) is 7.18. The van der Waals surface area contributed by atoms with E-state index in [9.17, 15) is 13.2 Å². The molecule has 2 rings (SSSR count). The summed E-state index contributed by atoms with van der Waals surface area (Å²) in [6.45, 7) is 2.00. The number of nitrogens with one attached hydrogen (secondary N) is 2. The molecule has 0 radical (unpaired) electrons. The average Bonchev–Trinajstić information content (AvgIpc) is 2.55. The molecule has 0 atom stereocenters. The van der Waals surface area contributed by atoms with E-state index in [4.69, 9.17) is 23.2 Å². The van der Waals surface area contributed by atoms with Gasteiger partial charge in [-0.05, 0) is 42.3 Å². The zero-order valence-corrected chi connectivity index (χ0v) is 14.5. The van der Waals surface area contributed by atoms with Crippen molar-refractivity contribution in [3.8, 4) is 0 Å². The number of carbonyl (C=O) groups excluding carboxylic acids is 1. The summed E-state index contributed by atoms with van der Waals surface area (Å²) in [7, 11) is -3.94. The van der Waals surface area contributed by atoms with E-state index in [0.29, 0.717) is 5.56 Å². The summed E-state index contributed by atoms with van der Waals surface area (Å²) in [5, 5.41) is 0.349. The Morgan fingerprint density at radius 2 is 1.70 bits per heavy atom. The standard InChI is InChI=1S/C15H14Cl2N2O3S/c1-2-10-3-5-11(6-4-10)15(20)18-19-23(21,22)12-7-8-13(16)14(17)9-12/h3-9,19H,2H2,1H3,(H,18,20). The molecule has 0 heterocycles. The van der Waals surface area contributed by atoms with Gasteiger partial charge in [0.1, 0.15) is 0 Å². The predicted molar refractivity (Wildman–Crippen MR) is 90.1 cm³/mol. The highest BCUT2D eigenvalue weighted by Gasteiger charge is 2.17. The Bertz CT molecular complexity index is 821. The van der Waals surface area contributed by atoms with Crippen LogP contribution in [0.3, 0.4) is 0 Å². The van der Waals surface area contributed by atoms with Crippen LogP contribution < -0.4 is 10.3 Å². The van der Waals surface area contributed by atoms with E-state index in [1.165, 1.54) is 18.2 Å². The number of carbonyl (C=O) groups is 1. The molecule has 0 aliphatic carbocycles. The molecule has 122 valence electrons. The first kappa shape index (κ1) is 17.7. The molecule has 23 heavy (non-hydrogen) atoms. The molecule has 2 N–H and O–H groups in total. The monoisotopic (exact) mass is 372 g/mol. The first-order valence-electron chi connectivity index (χ1n) is 6.69. The molecule has 1 amide bonds. The number of benzene rings is 2. The van der Waals surface area contributed by atoms with Crippen molar-refractivity contribution in [2.24, 2.45) is 0 Å². The maximum absolute atomic E-state index is 12.1. The Hall–Kier alpha value is -1.60. The Kier molecular flexibility index (Phi) is 5.64. The van der Waals surface area contributed by atoms with Crippen LogP contribution in [0.4, 0.5) is 0 Å². The van der Waals surface area contributed by atoms with E-state index in [-0.39, 0.29) is 14.9 Å². The second-order valence-electron chi connectivity index (χ2n) is 4.69. The topological polar surface area (TPSA) is 75.3 Å². The lowest BCUT2D eigenvalue weighted by molar-refractivity contribution is 0.0945. The third-order valence-electron chi connectivity index (χ3n) is 3.12. The summed E-state index contributed by atoms with van der Waals surface area (Å²) >= 11 is 11.5. The van der Waals surface area contributed by atoms with Crippen molar-refractivity contribution in [1.82, 2.24) is 10.3 Å². The molecule has 0 aromatic heterocycles. The highest BCUT2D eigenvalue weighted by molar-refractivity contribution is 7.89. The van der Waals surface area contributed by atoms with E-state index in [1.807, 2.05) is 23.9 Å². The van der Waals surface area contributed by atoms with Crippen molar-refractivity contribution in [1.29, 1.82) is 0 Å². The molecule has 8 heteroatoms. The molecule has 5 nitrogen and oxygen atoms in total. The molecule has 0 spiro atoms. The van der Waals surface area contributed by atoms with Crippen LogP contribution in [-0.4, -0.2) is 14.3 Å². The van der Waals surface area contributed by atoms with Gasteiger partial charge in [-0.3, -0.25) is 10.2 Å². The van der Waals surface area contributed by atoms with Crippen LogP contribution in [0, 0.1) is 0 Å². The maximum atomic E-state index is 12.1. The van der Waals surface area contributed by atoms with Crippen LogP contribution in [0.25, 0.3) is 0 Å². The van der Waals surface area contributed by atoms with Gasteiger partial charge in [-0.2, -0.15) is 0 Å². The van der Waals surface area contributed by atoms with Gasteiger partial charge in [-0.15, -0.1) is 4.83 Å². The van der Waals surface area contributed by atoms with Crippen molar-refractivity contribution in [2.45, 2.75) is 18.2 Å². The second kappa shape index (κ2) is 7.31. The molecule has 2 aromatic carbocycles. The molecule has 0 unspecified atom stereocenters. The zero-order chi connectivity index (χ0) is 17.0. The fourth-order valence-electron chi connectivity index (χ4n) is 1.78. The molecular formula is C15H14Cl2N2O3S. The van der Waals surface area contributed by atoms with E-state index in [0.717, 1.165) is 12.0 Å². The molecule has 0 fully saturated rings. The zero-order valence-electron chi connectivity index (χ0n) is 12.1. The molecule has 0 aliphatic heterocycles. The van der Waals surface area contributed by atoms with Crippen molar-refractivity contribution >= 4 is 39.1 Å². The number of hydrogen-bond acceptors (Lipinski definition) is 3. The number of sulfonamides is 1. The van der Waals surface area contributed by atoms with E-state index < -0.39 is 15.9 Å². The number of amides is 1. The van der Waals surface area contributed by atoms with Crippen LogP contribution in [-0.2, 0) is 16.4 Å². The minimum Gasteiger partial charge on any atom is -0.273 e. The largest absolute Gasteiger partial charge is 0.273 e. The minimum absolute atomic E-state index is 0.103. The summed E-state index contributed by atoms with van der Waals surface area (Å²) in [6.07, 6.45) is 0.853. The van der Waals surface area contributed by atoms with Crippen LogP contribution in [0.2, 0.25) is 10.0 Å². The third kappa shape index (κ3) is 4.45. The highest BCUT2D eigenvalue weighted by Crippen LogP contribution is 2.24. The van der Waals surface area contributed by atoms with Gasteiger partial charge in [0, 0.05) is 5.56 Å². The summed E-state index contributed by atoms with van der Waals surface area (Å²) in [5.74, 6) is -0.559. The first-order valence-corrected chi connectivity index (χ1v) is 8.93. The van der Waals surface area contributed by atoms with Crippen molar-refractivity contribution in [2.75, 3.05) is 0 Å². The Morgan fingerprint density at radius 1 is 1.04 bits per heavy atom. The predicted octanol–water partition coefficient (Wildman–Crippen LogP) is 3.18. The average molecular weight is 373 g/mol. The highest BCUT2D eigenvalue weighted by atomic mass is 35.5. The fraction of sp³-hybridized carbons (Fsp3) is 0.133. The summed E-state index contributed by atoms with van der Waals surface area (Å²) in [6, 6.07) is 10.7. The lowest BCUT2D eigenvalue weighted by Gasteiger charge is -2.09.